The molecule has 23 heavy (non-hydrogen) atoms. The maximum atomic E-state index is 13.3. The number of halogens is 3. The number of nitrogens with one attached hydrogen (secondary N) is 2. The number of anilines is 2. The van der Waals surface area contributed by atoms with Crippen LogP contribution in [0.15, 0.2) is 60.7 Å². The first kappa shape index (κ1) is 14.0. The van der Waals surface area contributed by atoms with Gasteiger partial charge < -0.3 is 10.5 Å². The third kappa shape index (κ3) is 2.30. The van der Waals surface area contributed by atoms with Crippen LogP contribution in [0.1, 0.15) is 5.56 Å². The van der Waals surface area contributed by atoms with Gasteiger partial charge >= 0.3 is 13.2 Å². The van der Waals surface area contributed by atoms with E-state index in [4.69, 9.17) is 0 Å². The van der Waals surface area contributed by atoms with Gasteiger partial charge in [-0.15, -0.1) is 0 Å². The highest BCUT2D eigenvalue weighted by atomic mass is 19.4. The van der Waals surface area contributed by atoms with Crippen LogP contribution in [0.3, 0.4) is 0 Å². The molecule has 6 heteroatoms. The van der Waals surface area contributed by atoms with Gasteiger partial charge in [-0.25, -0.2) is 0 Å². The summed E-state index contributed by atoms with van der Waals surface area (Å²) in [5.41, 5.74) is 1.22. The van der Waals surface area contributed by atoms with E-state index in [1.54, 1.807) is 6.07 Å². The third-order valence-electron chi connectivity index (χ3n) is 4.08. The van der Waals surface area contributed by atoms with Crippen molar-refractivity contribution < 1.29 is 13.2 Å². The molecule has 0 amide bonds. The van der Waals surface area contributed by atoms with Crippen molar-refractivity contribution in [1.82, 2.24) is 0 Å². The average Bonchev–Trinajstić information content (AvgIpc) is 2.54. The van der Waals surface area contributed by atoms with Crippen molar-refractivity contribution in [3.05, 3.63) is 66.2 Å². The van der Waals surface area contributed by atoms with Crippen LogP contribution >= 0.6 is 0 Å². The van der Waals surface area contributed by atoms with Gasteiger partial charge in [0.25, 0.3) is 0 Å². The normalized spacial score (nSPS) is 13.6. The van der Waals surface area contributed by atoms with Crippen LogP contribution < -0.4 is 15.9 Å². The Morgan fingerprint density at radius 1 is 0.739 bits per heavy atom. The molecule has 0 fully saturated rings. The molecule has 114 valence electrons. The lowest BCUT2D eigenvalue weighted by molar-refractivity contribution is -0.136. The molecule has 1 heterocycles. The molecule has 1 aliphatic heterocycles. The van der Waals surface area contributed by atoms with E-state index in [-0.39, 0.29) is 5.46 Å². The molecule has 3 aromatic carbocycles. The lowest BCUT2D eigenvalue weighted by atomic mass is 9.64. The Morgan fingerprint density at radius 3 is 1.96 bits per heavy atom. The van der Waals surface area contributed by atoms with Gasteiger partial charge in [0.05, 0.1) is 5.56 Å². The van der Waals surface area contributed by atoms with Crippen LogP contribution in [-0.4, -0.2) is 6.98 Å². The van der Waals surface area contributed by atoms with Crippen LogP contribution in [0, 0.1) is 0 Å². The van der Waals surface area contributed by atoms with Gasteiger partial charge in [-0.2, -0.15) is 13.2 Å². The second-order valence-electron chi connectivity index (χ2n) is 5.52. The molecule has 0 atom stereocenters. The molecule has 0 saturated carbocycles. The molecule has 1 aliphatic rings. The first-order chi connectivity index (χ1) is 11.0. The van der Waals surface area contributed by atoms with E-state index in [9.17, 15) is 13.2 Å². The third-order valence-corrected chi connectivity index (χ3v) is 4.08. The lowest BCUT2D eigenvalue weighted by Crippen LogP contribution is -2.50. The molecule has 0 radical (unpaired) electrons. The van der Waals surface area contributed by atoms with E-state index >= 15 is 0 Å². The molecule has 0 unspecified atom stereocenters. The van der Waals surface area contributed by atoms with Gasteiger partial charge in [0, 0.05) is 16.8 Å². The number of rotatable bonds is 1. The fourth-order valence-electron chi connectivity index (χ4n) is 3.09. The Morgan fingerprint density at radius 2 is 1.35 bits per heavy atom. The Kier molecular flexibility index (Phi) is 3.01. The zero-order valence-corrected chi connectivity index (χ0v) is 12.0. The quantitative estimate of drug-likeness (QED) is 0.661. The van der Waals surface area contributed by atoms with Crippen molar-refractivity contribution in [3.8, 4) is 0 Å². The van der Waals surface area contributed by atoms with Crippen LogP contribution in [0.2, 0.25) is 0 Å². The second-order valence-corrected chi connectivity index (χ2v) is 5.52. The number of hydrogen-bond acceptors (Lipinski definition) is 2. The van der Waals surface area contributed by atoms with Crippen molar-refractivity contribution in [2.75, 3.05) is 10.5 Å². The highest BCUT2D eigenvalue weighted by Gasteiger charge is 2.37. The lowest BCUT2D eigenvalue weighted by Gasteiger charge is -2.28. The predicted octanol–water partition coefficient (Wildman–Crippen LogP) is 4.09. The number of benzene rings is 3. The maximum absolute atomic E-state index is 13.3. The SMILES string of the molecule is FC(F)(F)c1ccccc1B1Nc2cccc3cccc(c23)N1. The van der Waals surface area contributed by atoms with Gasteiger partial charge in [0.1, 0.15) is 0 Å². The molecule has 2 N–H and O–H groups in total. The minimum atomic E-state index is -4.39. The van der Waals surface area contributed by atoms with Gasteiger partial charge in [-0.3, -0.25) is 0 Å². The molecule has 4 rings (SSSR count). The zero-order valence-electron chi connectivity index (χ0n) is 12.0. The molecule has 2 nitrogen and oxygen atoms in total. The summed E-state index contributed by atoms with van der Waals surface area (Å²) in [6.45, 7) is -0.631. The summed E-state index contributed by atoms with van der Waals surface area (Å²) in [7, 11) is 0. The van der Waals surface area contributed by atoms with Gasteiger partial charge in [-0.1, -0.05) is 48.5 Å². The maximum Gasteiger partial charge on any atom is 0.416 e. The molecular weight excluding hydrogens is 300 g/mol. The highest BCUT2D eigenvalue weighted by Crippen LogP contribution is 2.35. The summed E-state index contributed by atoms with van der Waals surface area (Å²) in [6.07, 6.45) is -4.39. The fraction of sp³-hybridized carbons (Fsp3) is 0.0588. The first-order valence-corrected chi connectivity index (χ1v) is 7.25. The zero-order chi connectivity index (χ0) is 16.0. The van der Waals surface area contributed by atoms with E-state index in [1.165, 1.54) is 12.1 Å². The van der Waals surface area contributed by atoms with Crippen molar-refractivity contribution in [2.45, 2.75) is 6.18 Å². The Bertz CT molecular complexity index is 852. The van der Waals surface area contributed by atoms with Crippen molar-refractivity contribution in [3.63, 3.8) is 0 Å². The van der Waals surface area contributed by atoms with Gasteiger partial charge in [0.15, 0.2) is 0 Å². The monoisotopic (exact) mass is 312 g/mol. The molecule has 0 saturated heterocycles. The Balaban J connectivity index is 1.83. The number of hydrogen-bond donors (Lipinski definition) is 2. The van der Waals surface area contributed by atoms with Crippen LogP contribution in [0.25, 0.3) is 10.8 Å². The van der Waals surface area contributed by atoms with E-state index in [2.05, 4.69) is 10.5 Å². The molecular formula is C17H12BF3N2. The topological polar surface area (TPSA) is 24.1 Å². The molecule has 0 bridgehead atoms. The van der Waals surface area contributed by atoms with Crippen molar-refractivity contribution >= 4 is 34.6 Å². The smallest absolute Gasteiger partial charge is 0.405 e. The standard InChI is InChI=1S/C17H12BF3N2/c19-17(20,21)12-7-1-2-8-13(12)18-22-14-9-3-5-11-6-4-10-15(23-18)16(11)14/h1-10,22-23H. The molecule has 0 aliphatic carbocycles. The van der Waals surface area contributed by atoms with E-state index in [0.717, 1.165) is 28.2 Å². The second kappa shape index (κ2) is 4.94. The van der Waals surface area contributed by atoms with Crippen molar-refractivity contribution in [2.24, 2.45) is 0 Å². The minimum absolute atomic E-state index is 0.187. The van der Waals surface area contributed by atoms with Gasteiger partial charge in [-0.05, 0) is 23.0 Å². The Labute approximate surface area is 131 Å². The average molecular weight is 312 g/mol. The molecule has 0 aromatic heterocycles. The molecule has 3 aromatic rings. The van der Waals surface area contributed by atoms with Crippen LogP contribution in [0.5, 0.6) is 0 Å². The predicted molar refractivity (Wildman–Crippen MR) is 88.0 cm³/mol. The Hall–Kier alpha value is -2.63. The minimum Gasteiger partial charge on any atom is -0.405 e. The van der Waals surface area contributed by atoms with E-state index < -0.39 is 18.7 Å². The first-order valence-electron chi connectivity index (χ1n) is 7.25. The molecule has 0 spiro atoms. The van der Waals surface area contributed by atoms with E-state index in [0.29, 0.717) is 0 Å². The van der Waals surface area contributed by atoms with E-state index in [1.807, 2.05) is 36.4 Å². The summed E-state index contributed by atoms with van der Waals surface area (Å²) in [5, 5.41) is 8.40. The summed E-state index contributed by atoms with van der Waals surface area (Å²) in [4.78, 5) is 0. The summed E-state index contributed by atoms with van der Waals surface area (Å²) in [5.74, 6) is 0. The summed E-state index contributed by atoms with van der Waals surface area (Å²) >= 11 is 0. The fourth-order valence-corrected chi connectivity index (χ4v) is 3.09. The highest BCUT2D eigenvalue weighted by molar-refractivity contribution is 6.80. The van der Waals surface area contributed by atoms with Gasteiger partial charge in [0.2, 0.25) is 0 Å². The largest absolute Gasteiger partial charge is 0.416 e. The summed E-state index contributed by atoms with van der Waals surface area (Å²) in [6, 6.07) is 17.2. The summed E-state index contributed by atoms with van der Waals surface area (Å²) < 4.78 is 39.8. The van der Waals surface area contributed by atoms with Crippen LogP contribution in [-0.2, 0) is 6.18 Å². The number of alkyl halides is 3. The van der Waals surface area contributed by atoms with Crippen molar-refractivity contribution in [1.29, 1.82) is 0 Å². The van der Waals surface area contributed by atoms with Crippen LogP contribution in [0.4, 0.5) is 24.5 Å².